The van der Waals surface area contributed by atoms with Gasteiger partial charge in [-0.3, -0.25) is 4.79 Å². The third-order valence-electron chi connectivity index (χ3n) is 6.14. The van der Waals surface area contributed by atoms with Gasteiger partial charge < -0.3 is 14.5 Å². The summed E-state index contributed by atoms with van der Waals surface area (Å²) in [5.74, 6) is 1.99. The van der Waals surface area contributed by atoms with E-state index in [2.05, 4.69) is 9.80 Å². The van der Waals surface area contributed by atoms with Gasteiger partial charge in [-0.05, 0) is 50.4 Å². The van der Waals surface area contributed by atoms with Crippen LogP contribution in [-0.2, 0) is 9.53 Å². The maximum atomic E-state index is 12.3. The summed E-state index contributed by atoms with van der Waals surface area (Å²) in [6.45, 7) is 6.50. The molecule has 0 bridgehead atoms. The lowest BCUT2D eigenvalue weighted by Gasteiger charge is -2.45. The quantitative estimate of drug-likeness (QED) is 0.793. The lowest BCUT2D eigenvalue weighted by atomic mass is 9.84. The molecule has 4 heteroatoms. The molecule has 0 aromatic heterocycles. The first kappa shape index (κ1) is 14.0. The van der Waals surface area contributed by atoms with Crippen LogP contribution in [0.3, 0.4) is 0 Å². The molecule has 1 spiro atoms. The van der Waals surface area contributed by atoms with Crippen molar-refractivity contribution in [3.8, 4) is 0 Å². The summed E-state index contributed by atoms with van der Waals surface area (Å²) in [7, 11) is 0. The van der Waals surface area contributed by atoms with Crippen molar-refractivity contribution in [2.45, 2.75) is 50.5 Å². The van der Waals surface area contributed by atoms with Gasteiger partial charge in [-0.2, -0.15) is 0 Å². The van der Waals surface area contributed by atoms with Gasteiger partial charge in [0.25, 0.3) is 0 Å². The van der Waals surface area contributed by atoms with Crippen LogP contribution in [0.1, 0.15) is 44.9 Å². The Kier molecular flexibility index (Phi) is 3.70. The number of carbonyl (C=O) groups excluding carboxylic acids is 1. The number of nitrogens with zero attached hydrogens (tertiary/aromatic N) is 2. The summed E-state index contributed by atoms with van der Waals surface area (Å²) in [5, 5.41) is 0. The second-order valence-corrected chi connectivity index (χ2v) is 7.70. The van der Waals surface area contributed by atoms with Crippen LogP contribution < -0.4 is 0 Å². The molecule has 0 aromatic carbocycles. The molecule has 21 heavy (non-hydrogen) atoms. The normalized spacial score (nSPS) is 33.2. The van der Waals surface area contributed by atoms with Crippen LogP contribution in [0, 0.1) is 11.8 Å². The number of likely N-dealkylation sites (tertiary alicyclic amines) is 2. The Labute approximate surface area is 127 Å². The third kappa shape index (κ3) is 2.85. The van der Waals surface area contributed by atoms with Gasteiger partial charge in [0.1, 0.15) is 0 Å². The van der Waals surface area contributed by atoms with Crippen LogP contribution in [0.5, 0.6) is 0 Å². The van der Waals surface area contributed by atoms with Crippen molar-refractivity contribution < 1.29 is 9.53 Å². The number of hydrogen-bond donors (Lipinski definition) is 0. The zero-order chi connectivity index (χ0) is 14.3. The van der Waals surface area contributed by atoms with Crippen molar-refractivity contribution in [1.82, 2.24) is 9.80 Å². The van der Waals surface area contributed by atoms with E-state index in [0.29, 0.717) is 5.91 Å². The highest BCUT2D eigenvalue weighted by Gasteiger charge is 2.48. The molecule has 3 heterocycles. The minimum absolute atomic E-state index is 0.225. The van der Waals surface area contributed by atoms with Gasteiger partial charge in [-0.25, -0.2) is 0 Å². The number of rotatable bonds is 4. The molecule has 118 valence electrons. The highest BCUT2D eigenvalue weighted by molar-refractivity contribution is 5.79. The molecule has 0 N–H and O–H groups in total. The van der Waals surface area contributed by atoms with E-state index in [1.807, 2.05) is 0 Å². The Morgan fingerprint density at radius 3 is 2.52 bits per heavy atom. The van der Waals surface area contributed by atoms with E-state index in [4.69, 9.17) is 4.74 Å². The molecular formula is C17H28N2O2. The molecule has 0 unspecified atom stereocenters. The van der Waals surface area contributed by atoms with Crippen molar-refractivity contribution in [1.29, 1.82) is 0 Å². The smallest absolute Gasteiger partial charge is 0.223 e. The number of piperidine rings is 1. The van der Waals surface area contributed by atoms with Crippen LogP contribution in [0.15, 0.2) is 0 Å². The fourth-order valence-electron chi connectivity index (χ4n) is 4.49. The van der Waals surface area contributed by atoms with Gasteiger partial charge in [0, 0.05) is 44.7 Å². The van der Waals surface area contributed by atoms with Crippen molar-refractivity contribution >= 4 is 5.91 Å². The summed E-state index contributed by atoms with van der Waals surface area (Å²) in [6.07, 6.45) is 8.20. The molecule has 3 saturated heterocycles. The number of carbonyl (C=O) groups is 1. The topological polar surface area (TPSA) is 32.8 Å². The van der Waals surface area contributed by atoms with Crippen molar-refractivity contribution in [3.63, 3.8) is 0 Å². The highest BCUT2D eigenvalue weighted by atomic mass is 16.5. The van der Waals surface area contributed by atoms with Crippen LogP contribution in [0.4, 0.5) is 0 Å². The molecule has 4 fully saturated rings. The van der Waals surface area contributed by atoms with Gasteiger partial charge in [-0.15, -0.1) is 0 Å². The first-order valence-electron chi connectivity index (χ1n) is 8.86. The SMILES string of the molecule is O=C1CCC2(CCN(C[C@H]3CCOC3)CC2)N1CC1CC1. The van der Waals surface area contributed by atoms with Crippen molar-refractivity contribution in [3.05, 3.63) is 0 Å². The summed E-state index contributed by atoms with van der Waals surface area (Å²) in [5.41, 5.74) is 0.225. The second-order valence-electron chi connectivity index (χ2n) is 7.70. The van der Waals surface area contributed by atoms with E-state index in [1.165, 1.54) is 51.7 Å². The summed E-state index contributed by atoms with van der Waals surface area (Å²) in [4.78, 5) is 17.2. The van der Waals surface area contributed by atoms with Crippen LogP contribution in [0.25, 0.3) is 0 Å². The minimum Gasteiger partial charge on any atom is -0.381 e. The fraction of sp³-hybridized carbons (Fsp3) is 0.941. The number of hydrogen-bond acceptors (Lipinski definition) is 3. The molecule has 3 aliphatic heterocycles. The Morgan fingerprint density at radius 2 is 1.86 bits per heavy atom. The first-order valence-corrected chi connectivity index (χ1v) is 8.86. The van der Waals surface area contributed by atoms with E-state index in [9.17, 15) is 4.79 Å². The summed E-state index contributed by atoms with van der Waals surface area (Å²) >= 11 is 0. The zero-order valence-corrected chi connectivity index (χ0v) is 13.1. The number of amides is 1. The van der Waals surface area contributed by atoms with Crippen LogP contribution >= 0.6 is 0 Å². The lowest BCUT2D eigenvalue weighted by molar-refractivity contribution is -0.132. The third-order valence-corrected chi connectivity index (χ3v) is 6.14. The Bertz CT molecular complexity index is 394. The maximum absolute atomic E-state index is 12.3. The largest absolute Gasteiger partial charge is 0.381 e. The van der Waals surface area contributed by atoms with Crippen molar-refractivity contribution in [2.24, 2.45) is 11.8 Å². The molecule has 1 amide bonds. The monoisotopic (exact) mass is 292 g/mol. The molecule has 0 aromatic rings. The van der Waals surface area contributed by atoms with Gasteiger partial charge in [0.05, 0.1) is 6.61 Å². The second kappa shape index (κ2) is 5.54. The highest BCUT2D eigenvalue weighted by Crippen LogP contribution is 2.42. The van der Waals surface area contributed by atoms with E-state index in [0.717, 1.165) is 44.4 Å². The molecule has 1 saturated carbocycles. The van der Waals surface area contributed by atoms with E-state index < -0.39 is 0 Å². The minimum atomic E-state index is 0.225. The van der Waals surface area contributed by atoms with Crippen LogP contribution in [0.2, 0.25) is 0 Å². The zero-order valence-electron chi connectivity index (χ0n) is 13.1. The van der Waals surface area contributed by atoms with Gasteiger partial charge >= 0.3 is 0 Å². The standard InChI is InChI=1S/C17H28N2O2/c20-16-3-5-17(19(16)12-14-1-2-14)6-8-18(9-7-17)11-15-4-10-21-13-15/h14-15H,1-13H2/t15-/m1/s1. The molecule has 4 nitrogen and oxygen atoms in total. The Morgan fingerprint density at radius 1 is 1.05 bits per heavy atom. The first-order chi connectivity index (χ1) is 10.3. The van der Waals surface area contributed by atoms with E-state index in [1.54, 1.807) is 0 Å². The summed E-state index contributed by atoms with van der Waals surface area (Å²) < 4.78 is 5.49. The average molecular weight is 292 g/mol. The fourth-order valence-corrected chi connectivity index (χ4v) is 4.49. The Hall–Kier alpha value is -0.610. The van der Waals surface area contributed by atoms with Gasteiger partial charge in [0.15, 0.2) is 0 Å². The molecule has 1 aliphatic carbocycles. The van der Waals surface area contributed by atoms with E-state index >= 15 is 0 Å². The Balaban J connectivity index is 1.35. The van der Waals surface area contributed by atoms with Crippen LogP contribution in [-0.4, -0.2) is 60.6 Å². The predicted molar refractivity (Wildman–Crippen MR) is 81.0 cm³/mol. The molecular weight excluding hydrogens is 264 g/mol. The maximum Gasteiger partial charge on any atom is 0.223 e. The molecule has 0 radical (unpaired) electrons. The van der Waals surface area contributed by atoms with Crippen molar-refractivity contribution in [2.75, 3.05) is 39.4 Å². The van der Waals surface area contributed by atoms with Gasteiger partial charge in [0.2, 0.25) is 5.91 Å². The molecule has 4 rings (SSSR count). The molecule has 4 aliphatic rings. The number of ether oxygens (including phenoxy) is 1. The van der Waals surface area contributed by atoms with Gasteiger partial charge in [-0.1, -0.05) is 0 Å². The average Bonchev–Trinajstić information content (AvgIpc) is 3.09. The lowest BCUT2D eigenvalue weighted by Crippen LogP contribution is -2.54. The van der Waals surface area contributed by atoms with E-state index in [-0.39, 0.29) is 5.54 Å². The summed E-state index contributed by atoms with van der Waals surface area (Å²) in [6, 6.07) is 0. The molecule has 1 atom stereocenters. The predicted octanol–water partition coefficient (Wildman–Crippen LogP) is 1.89.